The highest BCUT2D eigenvalue weighted by Gasteiger charge is 2.10. The predicted molar refractivity (Wildman–Crippen MR) is 87.9 cm³/mol. The van der Waals surface area contributed by atoms with Gasteiger partial charge in [0.05, 0.1) is 11.7 Å². The molecule has 1 atom stereocenters. The fourth-order valence-corrected chi connectivity index (χ4v) is 3.55. The number of hydrogen-bond acceptors (Lipinski definition) is 5. The molecule has 21 heavy (non-hydrogen) atoms. The Morgan fingerprint density at radius 1 is 1.33 bits per heavy atom. The van der Waals surface area contributed by atoms with Gasteiger partial charge in [-0.3, -0.25) is 0 Å². The zero-order valence-electron chi connectivity index (χ0n) is 11.6. The monoisotopic (exact) mass is 363 g/mol. The first-order valence-corrected chi connectivity index (χ1v) is 8.15. The van der Waals surface area contributed by atoms with Gasteiger partial charge in [0.1, 0.15) is 6.33 Å². The van der Waals surface area contributed by atoms with Gasteiger partial charge in [-0.15, -0.1) is 16.4 Å². The number of aromatic nitrogens is 4. The summed E-state index contributed by atoms with van der Waals surface area (Å²) < 4.78 is 2.79. The number of nitrogens with zero attached hydrogens (tertiary/aromatic N) is 4. The van der Waals surface area contributed by atoms with E-state index in [-0.39, 0.29) is 6.04 Å². The summed E-state index contributed by atoms with van der Waals surface area (Å²) >= 11 is 5.23. The van der Waals surface area contributed by atoms with Crippen molar-refractivity contribution in [2.75, 3.05) is 5.32 Å². The Kier molecular flexibility index (Phi) is 4.03. The van der Waals surface area contributed by atoms with Gasteiger partial charge < -0.3 is 5.32 Å². The maximum Gasteiger partial charge on any atom is 0.143 e. The quantitative estimate of drug-likeness (QED) is 0.761. The Morgan fingerprint density at radius 3 is 2.86 bits per heavy atom. The van der Waals surface area contributed by atoms with Crippen LogP contribution in [0.2, 0.25) is 0 Å². The molecular formula is C14H14BrN5S. The van der Waals surface area contributed by atoms with Crippen LogP contribution in [0, 0.1) is 6.92 Å². The Bertz CT molecular complexity index is 738. The van der Waals surface area contributed by atoms with E-state index in [0.717, 1.165) is 21.4 Å². The van der Waals surface area contributed by atoms with Crippen molar-refractivity contribution >= 4 is 33.0 Å². The van der Waals surface area contributed by atoms with E-state index in [0.29, 0.717) is 0 Å². The number of aryl methyl sites for hydroxylation is 1. The maximum absolute atomic E-state index is 3.95. The van der Waals surface area contributed by atoms with E-state index in [4.69, 9.17) is 0 Å². The molecular weight excluding hydrogens is 350 g/mol. The lowest BCUT2D eigenvalue weighted by molar-refractivity contribution is 0.785. The van der Waals surface area contributed by atoms with Crippen LogP contribution in [-0.2, 0) is 0 Å². The highest BCUT2D eigenvalue weighted by Crippen LogP contribution is 2.28. The highest BCUT2D eigenvalue weighted by atomic mass is 79.9. The zero-order chi connectivity index (χ0) is 14.8. The molecule has 3 rings (SSSR count). The summed E-state index contributed by atoms with van der Waals surface area (Å²) in [5.74, 6) is 0. The third-order valence-electron chi connectivity index (χ3n) is 3.20. The molecule has 1 N–H and O–H groups in total. The van der Waals surface area contributed by atoms with Crippen LogP contribution in [-0.4, -0.2) is 20.2 Å². The molecule has 1 aromatic carbocycles. The van der Waals surface area contributed by atoms with Gasteiger partial charge in [-0.1, -0.05) is 6.07 Å². The SMILES string of the molecule is Cc1ccc(NC(C)c2cc(Br)cs2)cc1-n1cnnn1. The van der Waals surface area contributed by atoms with E-state index < -0.39 is 0 Å². The van der Waals surface area contributed by atoms with E-state index in [2.05, 4.69) is 73.3 Å². The minimum absolute atomic E-state index is 0.241. The minimum atomic E-state index is 0.241. The third kappa shape index (κ3) is 3.14. The fraction of sp³-hybridized carbons (Fsp3) is 0.214. The number of nitrogens with one attached hydrogen (secondary N) is 1. The Morgan fingerprint density at radius 2 is 2.19 bits per heavy atom. The van der Waals surface area contributed by atoms with E-state index in [9.17, 15) is 0 Å². The largest absolute Gasteiger partial charge is 0.378 e. The van der Waals surface area contributed by atoms with Crippen molar-refractivity contribution in [1.82, 2.24) is 20.2 Å². The smallest absolute Gasteiger partial charge is 0.143 e. The Hall–Kier alpha value is -1.73. The molecule has 0 amide bonds. The molecule has 2 heterocycles. The van der Waals surface area contributed by atoms with Crippen molar-refractivity contribution in [3.63, 3.8) is 0 Å². The standard InChI is InChI=1S/C14H14BrN5S/c1-9-3-4-12(6-13(9)20-8-16-18-19-20)17-10(2)14-5-11(15)7-21-14/h3-8,10,17H,1-2H3. The topological polar surface area (TPSA) is 55.6 Å². The van der Waals surface area contributed by atoms with Crippen molar-refractivity contribution in [1.29, 1.82) is 0 Å². The average Bonchev–Trinajstić information content (AvgIpc) is 3.12. The second-order valence-corrected chi connectivity index (χ2v) is 6.65. The summed E-state index contributed by atoms with van der Waals surface area (Å²) in [5.41, 5.74) is 3.15. The summed E-state index contributed by atoms with van der Waals surface area (Å²) in [4.78, 5) is 1.28. The van der Waals surface area contributed by atoms with Crippen LogP contribution in [0.1, 0.15) is 23.4 Å². The van der Waals surface area contributed by atoms with E-state index in [1.165, 1.54) is 4.88 Å². The van der Waals surface area contributed by atoms with Crippen molar-refractivity contribution in [2.24, 2.45) is 0 Å². The molecule has 0 aliphatic heterocycles. The molecule has 0 spiro atoms. The Labute approximate surface area is 135 Å². The number of thiophene rings is 1. The van der Waals surface area contributed by atoms with Gasteiger partial charge >= 0.3 is 0 Å². The Balaban J connectivity index is 1.85. The molecule has 3 aromatic rings. The lowest BCUT2D eigenvalue weighted by Crippen LogP contribution is -2.06. The fourth-order valence-electron chi connectivity index (χ4n) is 2.09. The summed E-state index contributed by atoms with van der Waals surface area (Å²) in [5, 5.41) is 16.9. The van der Waals surface area contributed by atoms with Gasteiger partial charge in [0, 0.05) is 20.4 Å². The van der Waals surface area contributed by atoms with Crippen molar-refractivity contribution in [3.8, 4) is 5.69 Å². The molecule has 5 nitrogen and oxygen atoms in total. The second-order valence-electron chi connectivity index (χ2n) is 4.79. The summed E-state index contributed by atoms with van der Waals surface area (Å²) in [6.07, 6.45) is 1.60. The molecule has 7 heteroatoms. The molecule has 2 aromatic heterocycles. The summed E-state index contributed by atoms with van der Waals surface area (Å²) in [6, 6.07) is 8.58. The number of benzene rings is 1. The third-order valence-corrected chi connectivity index (χ3v) is 5.08. The van der Waals surface area contributed by atoms with Gasteiger partial charge in [-0.2, -0.15) is 0 Å². The van der Waals surface area contributed by atoms with Crippen LogP contribution in [0.4, 0.5) is 5.69 Å². The molecule has 1 unspecified atom stereocenters. The first kappa shape index (κ1) is 14.2. The first-order chi connectivity index (χ1) is 10.1. The lowest BCUT2D eigenvalue weighted by Gasteiger charge is -2.15. The number of halogens is 1. The van der Waals surface area contributed by atoms with Gasteiger partial charge in [-0.25, -0.2) is 4.68 Å². The minimum Gasteiger partial charge on any atom is -0.378 e. The van der Waals surface area contributed by atoms with Crippen molar-refractivity contribution in [3.05, 3.63) is 50.9 Å². The number of hydrogen-bond donors (Lipinski definition) is 1. The van der Waals surface area contributed by atoms with E-state index in [1.807, 2.05) is 6.92 Å². The molecule has 0 fully saturated rings. The van der Waals surface area contributed by atoms with Gasteiger partial charge in [0.15, 0.2) is 0 Å². The summed E-state index contributed by atoms with van der Waals surface area (Å²) in [6.45, 7) is 4.19. The van der Waals surface area contributed by atoms with E-state index >= 15 is 0 Å². The molecule has 108 valence electrons. The van der Waals surface area contributed by atoms with Gasteiger partial charge in [-0.05, 0) is 64.0 Å². The maximum atomic E-state index is 3.95. The van der Waals surface area contributed by atoms with Crippen LogP contribution in [0.5, 0.6) is 0 Å². The first-order valence-electron chi connectivity index (χ1n) is 6.48. The van der Waals surface area contributed by atoms with Crippen LogP contribution >= 0.6 is 27.3 Å². The number of anilines is 1. The van der Waals surface area contributed by atoms with Crippen molar-refractivity contribution < 1.29 is 0 Å². The number of tetrazole rings is 1. The van der Waals surface area contributed by atoms with Gasteiger partial charge in [0.25, 0.3) is 0 Å². The predicted octanol–water partition coefficient (Wildman–Crippen LogP) is 3.97. The lowest BCUT2D eigenvalue weighted by atomic mass is 10.1. The molecule has 0 radical (unpaired) electrons. The van der Waals surface area contributed by atoms with Crippen LogP contribution < -0.4 is 5.32 Å². The molecule has 0 aliphatic rings. The average molecular weight is 364 g/mol. The molecule has 0 saturated heterocycles. The second kappa shape index (κ2) is 5.95. The van der Waals surface area contributed by atoms with Crippen LogP contribution in [0.25, 0.3) is 5.69 Å². The van der Waals surface area contributed by atoms with Crippen LogP contribution in [0.3, 0.4) is 0 Å². The normalized spacial score (nSPS) is 12.3. The van der Waals surface area contributed by atoms with Crippen LogP contribution in [0.15, 0.2) is 40.4 Å². The summed E-state index contributed by atoms with van der Waals surface area (Å²) in [7, 11) is 0. The van der Waals surface area contributed by atoms with Gasteiger partial charge in [0.2, 0.25) is 0 Å². The number of rotatable bonds is 4. The van der Waals surface area contributed by atoms with E-state index in [1.54, 1.807) is 22.3 Å². The molecule has 0 saturated carbocycles. The molecule has 0 bridgehead atoms. The highest BCUT2D eigenvalue weighted by molar-refractivity contribution is 9.10. The zero-order valence-corrected chi connectivity index (χ0v) is 14.0. The molecule has 0 aliphatic carbocycles. The van der Waals surface area contributed by atoms with Crippen molar-refractivity contribution in [2.45, 2.75) is 19.9 Å².